The van der Waals surface area contributed by atoms with Gasteiger partial charge in [-0.3, -0.25) is 4.18 Å². The van der Waals surface area contributed by atoms with Gasteiger partial charge in [-0.25, -0.2) is 8.42 Å². The van der Waals surface area contributed by atoms with Gasteiger partial charge in [0, 0.05) is 0 Å². The molecule has 0 aliphatic rings. The van der Waals surface area contributed by atoms with Crippen molar-refractivity contribution in [1.82, 2.24) is 0 Å². The zero-order valence-electron chi connectivity index (χ0n) is 10.8. The van der Waals surface area contributed by atoms with Gasteiger partial charge in [-0.1, -0.05) is 58.3 Å². The molecule has 0 spiro atoms. The van der Waals surface area contributed by atoms with E-state index in [1.54, 1.807) is 0 Å². The Morgan fingerprint density at radius 3 is 1.71 bits per heavy atom. The van der Waals surface area contributed by atoms with E-state index in [4.69, 9.17) is 0 Å². The molecule has 0 heterocycles. The van der Waals surface area contributed by atoms with Gasteiger partial charge >= 0.3 is 23.1 Å². The van der Waals surface area contributed by atoms with Crippen LogP contribution in [-0.4, -0.2) is 42.6 Å². The van der Waals surface area contributed by atoms with Gasteiger partial charge in [0.25, 0.3) is 0 Å². The fourth-order valence-electron chi connectivity index (χ4n) is 1.57. The third-order valence-electron chi connectivity index (χ3n) is 2.48. The van der Waals surface area contributed by atoms with Crippen LogP contribution in [0.4, 0.5) is 0 Å². The molecule has 4 nitrogen and oxygen atoms in total. The molecule has 0 N–H and O–H groups in total. The molecule has 0 aromatic heterocycles. The first-order valence-corrected chi connectivity index (χ1v) is 7.50. The molecular weight excluding hydrogens is 252 g/mol. The summed E-state index contributed by atoms with van der Waals surface area (Å²) in [6, 6.07) is 0. The first-order valence-electron chi connectivity index (χ1n) is 6.16. The van der Waals surface area contributed by atoms with E-state index in [0.29, 0.717) is 6.42 Å². The maximum Gasteiger partial charge on any atom is 2.00 e. The fraction of sp³-hybridized carbons (Fsp3) is 1.00. The van der Waals surface area contributed by atoms with Crippen LogP contribution in [0.3, 0.4) is 0 Å². The molecule has 0 atom stereocenters. The summed E-state index contributed by atoms with van der Waals surface area (Å²) in [6.07, 6.45) is 10.3. The van der Waals surface area contributed by atoms with Crippen LogP contribution in [0.25, 0.3) is 0 Å². The normalized spacial score (nSPS) is 11.2. The molecule has 0 aliphatic carbocycles. The molecule has 17 heavy (non-hydrogen) atoms. The molecule has 0 aromatic rings. The summed E-state index contributed by atoms with van der Waals surface area (Å²) in [6.45, 7) is 2.23. The molecule has 6 heteroatoms. The van der Waals surface area contributed by atoms with Crippen molar-refractivity contribution < 1.29 is 17.2 Å². The van der Waals surface area contributed by atoms with E-state index in [2.05, 4.69) is 11.1 Å². The molecule has 0 saturated carbocycles. The topological polar surface area (TPSA) is 66.4 Å². The van der Waals surface area contributed by atoms with Crippen molar-refractivity contribution >= 4 is 33.5 Å². The first kappa shape index (κ1) is 20.0. The molecule has 0 aromatic carbocycles. The SMILES string of the molecule is CCCCCCCCCCCOS(=O)(=O)[O-].[Mg+2]. The van der Waals surface area contributed by atoms with Crippen LogP contribution >= 0.6 is 0 Å². The zero-order valence-corrected chi connectivity index (χ0v) is 13.1. The van der Waals surface area contributed by atoms with Crippen LogP contribution < -0.4 is 0 Å². The molecule has 0 fully saturated rings. The van der Waals surface area contributed by atoms with Crippen LogP contribution in [0.15, 0.2) is 0 Å². The molecule has 98 valence electrons. The minimum atomic E-state index is -4.48. The summed E-state index contributed by atoms with van der Waals surface area (Å²) < 4.78 is 34.4. The van der Waals surface area contributed by atoms with E-state index in [1.807, 2.05) is 0 Å². The van der Waals surface area contributed by atoms with E-state index in [9.17, 15) is 13.0 Å². The minimum Gasteiger partial charge on any atom is -0.726 e. The van der Waals surface area contributed by atoms with Crippen molar-refractivity contribution in [2.75, 3.05) is 6.61 Å². The minimum absolute atomic E-state index is 0. The van der Waals surface area contributed by atoms with Gasteiger partial charge in [-0.2, -0.15) is 0 Å². The van der Waals surface area contributed by atoms with Gasteiger partial charge in [0.1, 0.15) is 0 Å². The fourth-order valence-corrected chi connectivity index (χ4v) is 1.90. The summed E-state index contributed by atoms with van der Waals surface area (Å²) in [5, 5.41) is 0. The average Bonchev–Trinajstić information content (AvgIpc) is 2.19. The zero-order chi connectivity index (χ0) is 12.3. The van der Waals surface area contributed by atoms with E-state index in [-0.39, 0.29) is 29.7 Å². The van der Waals surface area contributed by atoms with Crippen LogP contribution in [0, 0.1) is 0 Å². The summed E-state index contributed by atoms with van der Waals surface area (Å²) in [5.41, 5.74) is 0. The third-order valence-corrected chi connectivity index (χ3v) is 2.93. The van der Waals surface area contributed by atoms with Crippen molar-refractivity contribution in [3.05, 3.63) is 0 Å². The smallest absolute Gasteiger partial charge is 0.726 e. The van der Waals surface area contributed by atoms with Gasteiger partial charge in [0.15, 0.2) is 0 Å². The first-order chi connectivity index (χ1) is 7.56. The monoisotopic (exact) mass is 275 g/mol. The molecule has 0 amide bonds. The van der Waals surface area contributed by atoms with E-state index >= 15 is 0 Å². The Labute approximate surface area is 122 Å². The predicted molar refractivity (Wildman–Crippen MR) is 68.6 cm³/mol. The molecule has 0 rings (SSSR count). The molecule has 0 saturated heterocycles. The largest absolute Gasteiger partial charge is 2.00 e. The number of rotatable bonds is 11. The van der Waals surface area contributed by atoms with Crippen molar-refractivity contribution in [2.24, 2.45) is 0 Å². The van der Waals surface area contributed by atoms with Gasteiger partial charge in [-0.15, -0.1) is 0 Å². The maximum atomic E-state index is 10.1. The second kappa shape index (κ2) is 13.1. The summed E-state index contributed by atoms with van der Waals surface area (Å²) in [4.78, 5) is 0. The summed E-state index contributed by atoms with van der Waals surface area (Å²) in [7, 11) is -4.48. The van der Waals surface area contributed by atoms with E-state index in [0.717, 1.165) is 12.8 Å². The third kappa shape index (κ3) is 19.2. The predicted octanol–water partition coefficient (Wildman–Crippen LogP) is 2.61. The Bertz CT molecular complexity index is 242. The van der Waals surface area contributed by atoms with Crippen molar-refractivity contribution in [3.63, 3.8) is 0 Å². The van der Waals surface area contributed by atoms with Crippen molar-refractivity contribution in [3.8, 4) is 0 Å². The van der Waals surface area contributed by atoms with Gasteiger partial charge in [0.2, 0.25) is 10.4 Å². The molecule has 0 bridgehead atoms. The number of hydrogen-bond donors (Lipinski definition) is 0. The molecule has 0 radical (unpaired) electrons. The van der Waals surface area contributed by atoms with Crippen molar-refractivity contribution in [1.29, 1.82) is 0 Å². The Kier molecular flexibility index (Phi) is 15.4. The Morgan fingerprint density at radius 1 is 0.882 bits per heavy atom. The average molecular weight is 276 g/mol. The van der Waals surface area contributed by atoms with Gasteiger partial charge in [-0.05, 0) is 6.42 Å². The van der Waals surface area contributed by atoms with Crippen LogP contribution in [0.5, 0.6) is 0 Å². The van der Waals surface area contributed by atoms with Crippen LogP contribution in [0.2, 0.25) is 0 Å². The quantitative estimate of drug-likeness (QED) is 0.252. The standard InChI is InChI=1S/C11H24O4S.Mg/c1-2-3-4-5-6-7-8-9-10-11-15-16(12,13)14;/h2-11H2,1H3,(H,12,13,14);/q;+2/p-1. The Balaban J connectivity index is 0. The molecule has 0 unspecified atom stereocenters. The molecular formula is C11H23MgO4S+. The number of unbranched alkanes of at least 4 members (excludes halogenated alkanes) is 8. The maximum absolute atomic E-state index is 10.1. The van der Waals surface area contributed by atoms with Gasteiger partial charge in [0.05, 0.1) is 6.61 Å². The number of hydrogen-bond acceptors (Lipinski definition) is 4. The second-order valence-corrected chi connectivity index (χ2v) is 5.11. The Morgan fingerprint density at radius 2 is 1.29 bits per heavy atom. The van der Waals surface area contributed by atoms with Gasteiger partial charge < -0.3 is 4.55 Å². The summed E-state index contributed by atoms with van der Waals surface area (Å²) >= 11 is 0. The summed E-state index contributed by atoms with van der Waals surface area (Å²) in [5.74, 6) is 0. The van der Waals surface area contributed by atoms with Crippen molar-refractivity contribution in [2.45, 2.75) is 64.7 Å². The van der Waals surface area contributed by atoms with Crippen LogP contribution in [0.1, 0.15) is 64.7 Å². The second-order valence-electron chi connectivity index (χ2n) is 4.06. The van der Waals surface area contributed by atoms with E-state index < -0.39 is 10.4 Å². The van der Waals surface area contributed by atoms with E-state index in [1.165, 1.54) is 38.5 Å². The Hall–Kier alpha value is 0.636. The molecule has 0 aliphatic heterocycles. The van der Waals surface area contributed by atoms with Crippen LogP contribution in [-0.2, 0) is 14.6 Å².